The van der Waals surface area contributed by atoms with Gasteiger partial charge in [-0.15, -0.1) is 0 Å². The lowest BCUT2D eigenvalue weighted by molar-refractivity contribution is 0.396. The Kier molecular flexibility index (Phi) is 4.06. The third kappa shape index (κ3) is 2.81. The molecule has 1 aliphatic heterocycles. The summed E-state index contributed by atoms with van der Waals surface area (Å²) in [6, 6.07) is 15.2. The standard InChI is InChI=1S/C18H21NO2S/c1-14-8-10-17(11-9-14)22(20,21)19-12-4-7-18(19)16-6-3-5-15(2)13-16/h3,5-6,8-11,13,18H,4,7,12H2,1-2H3/t18-/m0/s1. The summed E-state index contributed by atoms with van der Waals surface area (Å²) in [4.78, 5) is 0.387. The van der Waals surface area contributed by atoms with E-state index in [0.29, 0.717) is 11.4 Å². The first-order valence-corrected chi connectivity index (χ1v) is 9.07. The summed E-state index contributed by atoms with van der Waals surface area (Å²) in [5.74, 6) is 0. The minimum Gasteiger partial charge on any atom is -0.207 e. The van der Waals surface area contributed by atoms with Gasteiger partial charge in [-0.2, -0.15) is 4.31 Å². The van der Waals surface area contributed by atoms with Crippen LogP contribution in [0, 0.1) is 13.8 Å². The van der Waals surface area contributed by atoms with Crippen LogP contribution in [-0.2, 0) is 10.0 Å². The molecule has 3 nitrogen and oxygen atoms in total. The van der Waals surface area contributed by atoms with E-state index in [9.17, 15) is 8.42 Å². The van der Waals surface area contributed by atoms with Crippen molar-refractivity contribution in [2.75, 3.05) is 6.54 Å². The largest absolute Gasteiger partial charge is 0.243 e. The van der Waals surface area contributed by atoms with Crippen molar-refractivity contribution in [3.05, 3.63) is 65.2 Å². The van der Waals surface area contributed by atoms with Gasteiger partial charge in [0, 0.05) is 6.54 Å². The van der Waals surface area contributed by atoms with Crippen LogP contribution in [0.3, 0.4) is 0 Å². The SMILES string of the molecule is Cc1ccc(S(=O)(=O)N2CCC[C@H]2c2cccc(C)c2)cc1. The van der Waals surface area contributed by atoms with Crippen molar-refractivity contribution in [2.24, 2.45) is 0 Å². The van der Waals surface area contributed by atoms with Crippen LogP contribution >= 0.6 is 0 Å². The Balaban J connectivity index is 1.97. The summed E-state index contributed by atoms with van der Waals surface area (Å²) in [7, 11) is -3.43. The van der Waals surface area contributed by atoms with E-state index in [0.717, 1.165) is 29.5 Å². The summed E-state index contributed by atoms with van der Waals surface area (Å²) in [6.45, 7) is 4.59. The molecule has 1 saturated heterocycles. The Bertz CT molecular complexity index is 766. The number of nitrogens with zero attached hydrogens (tertiary/aromatic N) is 1. The van der Waals surface area contributed by atoms with Crippen LogP contribution in [0.4, 0.5) is 0 Å². The highest BCUT2D eigenvalue weighted by atomic mass is 32.2. The third-order valence-corrected chi connectivity index (χ3v) is 6.18. The molecule has 1 atom stereocenters. The molecule has 0 radical (unpaired) electrons. The second-order valence-corrected chi connectivity index (χ2v) is 7.89. The number of benzene rings is 2. The Morgan fingerprint density at radius 1 is 1.00 bits per heavy atom. The molecule has 1 fully saturated rings. The van der Waals surface area contributed by atoms with E-state index in [1.54, 1.807) is 16.4 Å². The van der Waals surface area contributed by atoms with E-state index >= 15 is 0 Å². The fourth-order valence-corrected chi connectivity index (χ4v) is 4.77. The Hall–Kier alpha value is -1.65. The van der Waals surface area contributed by atoms with Crippen LogP contribution in [0.2, 0.25) is 0 Å². The van der Waals surface area contributed by atoms with Gasteiger partial charge in [0.15, 0.2) is 0 Å². The molecule has 22 heavy (non-hydrogen) atoms. The zero-order valence-corrected chi connectivity index (χ0v) is 13.8. The lowest BCUT2D eigenvalue weighted by atomic mass is 10.0. The fraction of sp³-hybridized carbons (Fsp3) is 0.333. The molecule has 4 heteroatoms. The maximum absolute atomic E-state index is 12.9. The van der Waals surface area contributed by atoms with Gasteiger partial charge in [-0.05, 0) is 44.4 Å². The van der Waals surface area contributed by atoms with E-state index < -0.39 is 10.0 Å². The molecule has 0 unspecified atom stereocenters. The third-order valence-electron chi connectivity index (χ3n) is 4.26. The van der Waals surface area contributed by atoms with Gasteiger partial charge in [-0.3, -0.25) is 0 Å². The van der Waals surface area contributed by atoms with Crippen LogP contribution in [0.15, 0.2) is 53.4 Å². The second kappa shape index (κ2) is 5.86. The predicted octanol–water partition coefficient (Wildman–Crippen LogP) is 3.83. The zero-order chi connectivity index (χ0) is 15.7. The van der Waals surface area contributed by atoms with Gasteiger partial charge < -0.3 is 0 Å². The molecule has 0 bridgehead atoms. The van der Waals surface area contributed by atoms with Crippen molar-refractivity contribution < 1.29 is 8.42 Å². The topological polar surface area (TPSA) is 37.4 Å². The lowest BCUT2D eigenvalue weighted by Crippen LogP contribution is -2.30. The van der Waals surface area contributed by atoms with E-state index in [2.05, 4.69) is 6.07 Å². The van der Waals surface area contributed by atoms with Gasteiger partial charge in [0.25, 0.3) is 0 Å². The van der Waals surface area contributed by atoms with Gasteiger partial charge in [-0.1, -0.05) is 47.5 Å². The fourth-order valence-electron chi connectivity index (χ4n) is 3.08. The van der Waals surface area contributed by atoms with Crippen LogP contribution in [-0.4, -0.2) is 19.3 Å². The van der Waals surface area contributed by atoms with Crippen LogP contribution in [0.1, 0.15) is 35.6 Å². The summed E-state index contributed by atoms with van der Waals surface area (Å²) in [5, 5.41) is 0. The van der Waals surface area contributed by atoms with Gasteiger partial charge in [0.05, 0.1) is 10.9 Å². The first-order chi connectivity index (χ1) is 10.5. The molecule has 0 aliphatic carbocycles. The van der Waals surface area contributed by atoms with E-state index in [4.69, 9.17) is 0 Å². The number of hydrogen-bond donors (Lipinski definition) is 0. The van der Waals surface area contributed by atoms with Gasteiger partial charge in [-0.25, -0.2) is 8.42 Å². The molecule has 3 rings (SSSR count). The van der Waals surface area contributed by atoms with Crippen LogP contribution in [0.5, 0.6) is 0 Å². The quantitative estimate of drug-likeness (QED) is 0.863. The first-order valence-electron chi connectivity index (χ1n) is 7.63. The summed E-state index contributed by atoms with van der Waals surface area (Å²) in [6.07, 6.45) is 1.79. The number of rotatable bonds is 3. The molecule has 116 valence electrons. The Morgan fingerprint density at radius 2 is 1.73 bits per heavy atom. The van der Waals surface area contributed by atoms with Gasteiger partial charge in [0.2, 0.25) is 10.0 Å². The molecule has 1 aliphatic rings. The van der Waals surface area contributed by atoms with Crippen molar-refractivity contribution in [1.82, 2.24) is 4.31 Å². The van der Waals surface area contributed by atoms with Crippen LogP contribution < -0.4 is 0 Å². The van der Waals surface area contributed by atoms with E-state index in [-0.39, 0.29) is 6.04 Å². The normalized spacial score (nSPS) is 19.5. The molecule has 0 N–H and O–H groups in total. The van der Waals surface area contributed by atoms with Crippen molar-refractivity contribution >= 4 is 10.0 Å². The molecule has 0 spiro atoms. The number of aryl methyl sites for hydroxylation is 2. The zero-order valence-electron chi connectivity index (χ0n) is 13.0. The highest BCUT2D eigenvalue weighted by Gasteiger charge is 2.36. The minimum atomic E-state index is -3.43. The Labute approximate surface area is 132 Å². The van der Waals surface area contributed by atoms with Gasteiger partial charge >= 0.3 is 0 Å². The highest BCUT2D eigenvalue weighted by Crippen LogP contribution is 2.36. The minimum absolute atomic E-state index is 0.0498. The van der Waals surface area contributed by atoms with E-state index in [1.807, 2.05) is 44.2 Å². The van der Waals surface area contributed by atoms with Crippen molar-refractivity contribution in [3.8, 4) is 0 Å². The molecule has 0 saturated carbocycles. The summed E-state index contributed by atoms with van der Waals surface area (Å²) >= 11 is 0. The molecule has 1 heterocycles. The highest BCUT2D eigenvalue weighted by molar-refractivity contribution is 7.89. The lowest BCUT2D eigenvalue weighted by Gasteiger charge is -2.24. The molecule has 2 aromatic carbocycles. The molecule has 0 amide bonds. The smallest absolute Gasteiger partial charge is 0.207 e. The molecule has 2 aromatic rings. The first kappa shape index (κ1) is 15.3. The number of sulfonamides is 1. The average molecular weight is 315 g/mol. The average Bonchev–Trinajstić information content (AvgIpc) is 2.98. The summed E-state index contributed by atoms with van der Waals surface area (Å²) < 4.78 is 27.5. The van der Waals surface area contributed by atoms with E-state index in [1.165, 1.54) is 0 Å². The van der Waals surface area contributed by atoms with Crippen molar-refractivity contribution in [1.29, 1.82) is 0 Å². The molecular formula is C18H21NO2S. The maximum atomic E-state index is 12.9. The van der Waals surface area contributed by atoms with Crippen LogP contribution in [0.25, 0.3) is 0 Å². The van der Waals surface area contributed by atoms with Crippen molar-refractivity contribution in [3.63, 3.8) is 0 Å². The summed E-state index contributed by atoms with van der Waals surface area (Å²) in [5.41, 5.74) is 3.32. The maximum Gasteiger partial charge on any atom is 0.243 e. The number of hydrogen-bond acceptors (Lipinski definition) is 2. The Morgan fingerprint density at radius 3 is 2.41 bits per heavy atom. The second-order valence-electron chi connectivity index (χ2n) is 6.00. The molecular weight excluding hydrogens is 294 g/mol. The molecule has 0 aromatic heterocycles. The van der Waals surface area contributed by atoms with Crippen molar-refractivity contribution in [2.45, 2.75) is 37.6 Å². The predicted molar refractivity (Wildman–Crippen MR) is 88.2 cm³/mol. The monoisotopic (exact) mass is 315 g/mol. The van der Waals surface area contributed by atoms with Gasteiger partial charge in [0.1, 0.15) is 0 Å².